The summed E-state index contributed by atoms with van der Waals surface area (Å²) >= 11 is 0. The first-order chi connectivity index (χ1) is 10.9. The van der Waals surface area contributed by atoms with Crippen molar-refractivity contribution in [2.45, 2.75) is 59.3 Å². The van der Waals surface area contributed by atoms with Crippen LogP contribution in [0.2, 0.25) is 0 Å². The van der Waals surface area contributed by atoms with Crippen LogP contribution in [0.3, 0.4) is 0 Å². The summed E-state index contributed by atoms with van der Waals surface area (Å²) in [6.07, 6.45) is 8.31. The van der Waals surface area contributed by atoms with Gasteiger partial charge in [0.1, 0.15) is 5.78 Å². The van der Waals surface area contributed by atoms with Gasteiger partial charge in [0, 0.05) is 17.8 Å². The van der Waals surface area contributed by atoms with Crippen molar-refractivity contribution in [1.29, 1.82) is 0 Å². The van der Waals surface area contributed by atoms with E-state index in [-0.39, 0.29) is 10.8 Å². The highest BCUT2D eigenvalue weighted by Gasteiger charge is 2.71. The van der Waals surface area contributed by atoms with Crippen molar-refractivity contribution < 1.29 is 9.59 Å². The Hall–Kier alpha value is -0.920. The van der Waals surface area contributed by atoms with Gasteiger partial charge < -0.3 is 0 Å². The number of ketones is 2. The lowest BCUT2D eigenvalue weighted by atomic mass is 9.44. The molecule has 4 unspecified atom stereocenters. The first-order valence-corrected chi connectivity index (χ1v) is 9.64. The van der Waals surface area contributed by atoms with Gasteiger partial charge in [0.2, 0.25) is 0 Å². The molecule has 5 aliphatic carbocycles. The van der Waals surface area contributed by atoms with Gasteiger partial charge in [-0.1, -0.05) is 26.3 Å². The number of carbonyl (C=O) groups excluding carboxylic acids is 2. The Balaban J connectivity index is 1.59. The van der Waals surface area contributed by atoms with Crippen LogP contribution in [0, 0.1) is 46.3 Å². The molecule has 2 heteroatoms. The average Bonchev–Trinajstić information content (AvgIpc) is 3.22. The molecule has 0 N–H and O–H groups in total. The van der Waals surface area contributed by atoms with Crippen LogP contribution in [0.4, 0.5) is 0 Å². The third-order valence-corrected chi connectivity index (χ3v) is 8.66. The second-order valence-corrected chi connectivity index (χ2v) is 9.78. The van der Waals surface area contributed by atoms with E-state index in [0.29, 0.717) is 47.1 Å². The second kappa shape index (κ2) is 4.18. The van der Waals surface area contributed by atoms with Crippen molar-refractivity contribution in [2.75, 3.05) is 0 Å². The Bertz CT molecular complexity index is 646. The standard InChI is InChI=1S/C21H28O2/c1-11-10-21(3)18(15-9-16(15)19(21)23)14-5-4-12-8-13(22)6-7-20(12,2)17(11)14/h8,11,14-18H,4-7,9-10H2,1-3H3/t11?,14?,15-,16+,17?,18?,20+,21+/m1/s1. The number of hydrogen-bond donors (Lipinski definition) is 0. The SMILES string of the molecule is CC1C[C@]2(C)C(=O)[C@H]3C[C@H]3C2C2CCC3=CC(=O)CC[C@]3(C)C12. The summed E-state index contributed by atoms with van der Waals surface area (Å²) in [5, 5.41) is 0. The summed E-state index contributed by atoms with van der Waals surface area (Å²) in [5.41, 5.74) is 1.62. The summed E-state index contributed by atoms with van der Waals surface area (Å²) in [7, 11) is 0. The molecular weight excluding hydrogens is 284 g/mol. The van der Waals surface area contributed by atoms with Gasteiger partial charge in [-0.05, 0) is 73.2 Å². The zero-order valence-electron chi connectivity index (χ0n) is 14.6. The van der Waals surface area contributed by atoms with E-state index in [2.05, 4.69) is 20.8 Å². The zero-order valence-corrected chi connectivity index (χ0v) is 14.6. The molecule has 5 rings (SSSR count). The van der Waals surface area contributed by atoms with E-state index in [1.807, 2.05) is 6.08 Å². The van der Waals surface area contributed by atoms with Gasteiger partial charge in [-0.2, -0.15) is 0 Å². The normalized spacial score (nSPS) is 57.1. The maximum Gasteiger partial charge on any atom is 0.155 e. The van der Waals surface area contributed by atoms with E-state index >= 15 is 0 Å². The van der Waals surface area contributed by atoms with E-state index in [1.165, 1.54) is 18.4 Å². The van der Waals surface area contributed by atoms with Gasteiger partial charge in [-0.15, -0.1) is 0 Å². The predicted octanol–water partition coefficient (Wildman–Crippen LogP) is 4.19. The van der Waals surface area contributed by atoms with Crippen molar-refractivity contribution in [1.82, 2.24) is 0 Å². The van der Waals surface area contributed by atoms with Gasteiger partial charge in [0.25, 0.3) is 0 Å². The van der Waals surface area contributed by atoms with Gasteiger partial charge in [-0.3, -0.25) is 9.59 Å². The molecule has 124 valence electrons. The first-order valence-electron chi connectivity index (χ1n) is 9.64. The topological polar surface area (TPSA) is 34.1 Å². The van der Waals surface area contributed by atoms with Crippen LogP contribution < -0.4 is 0 Å². The molecule has 0 bridgehead atoms. The predicted molar refractivity (Wildman–Crippen MR) is 88.6 cm³/mol. The summed E-state index contributed by atoms with van der Waals surface area (Å²) in [4.78, 5) is 24.8. The molecule has 23 heavy (non-hydrogen) atoms. The van der Waals surface area contributed by atoms with Crippen LogP contribution in [0.5, 0.6) is 0 Å². The number of hydrogen-bond acceptors (Lipinski definition) is 2. The fourth-order valence-electron chi connectivity index (χ4n) is 7.94. The minimum Gasteiger partial charge on any atom is -0.299 e. The Morgan fingerprint density at radius 3 is 2.61 bits per heavy atom. The molecule has 2 nitrogen and oxygen atoms in total. The van der Waals surface area contributed by atoms with Crippen molar-refractivity contribution in [3.8, 4) is 0 Å². The fraction of sp³-hybridized carbons (Fsp3) is 0.810. The average molecular weight is 312 g/mol. The number of Topliss-reactive ketones (excluding diaryl/α,β-unsaturated/α-hetero) is 1. The number of rotatable bonds is 0. The zero-order chi connectivity index (χ0) is 16.1. The van der Waals surface area contributed by atoms with E-state index in [9.17, 15) is 9.59 Å². The van der Waals surface area contributed by atoms with Crippen LogP contribution in [0.1, 0.15) is 59.3 Å². The number of fused-ring (bicyclic) bond motifs is 7. The van der Waals surface area contributed by atoms with Crippen LogP contribution >= 0.6 is 0 Å². The van der Waals surface area contributed by atoms with E-state index < -0.39 is 0 Å². The fourth-order valence-corrected chi connectivity index (χ4v) is 7.94. The Morgan fingerprint density at radius 2 is 1.83 bits per heavy atom. The minimum absolute atomic E-state index is 0.0315. The van der Waals surface area contributed by atoms with Crippen LogP contribution in [0.15, 0.2) is 11.6 Å². The lowest BCUT2D eigenvalue weighted by Crippen LogP contribution is -2.55. The monoisotopic (exact) mass is 312 g/mol. The number of carbonyl (C=O) groups is 2. The first kappa shape index (κ1) is 14.4. The van der Waals surface area contributed by atoms with Gasteiger partial charge in [0.15, 0.2) is 5.78 Å². The van der Waals surface area contributed by atoms with Crippen molar-refractivity contribution >= 4 is 11.6 Å². The molecule has 0 aromatic rings. The Morgan fingerprint density at radius 1 is 1.04 bits per heavy atom. The molecule has 0 amide bonds. The summed E-state index contributed by atoms with van der Waals surface area (Å²) in [5.74, 6) is 4.68. The lowest BCUT2D eigenvalue weighted by Gasteiger charge is -2.60. The van der Waals surface area contributed by atoms with Crippen LogP contribution in [-0.2, 0) is 9.59 Å². The molecule has 0 heterocycles. The second-order valence-electron chi connectivity index (χ2n) is 9.78. The summed E-state index contributed by atoms with van der Waals surface area (Å²) in [6, 6.07) is 0. The smallest absolute Gasteiger partial charge is 0.155 e. The van der Waals surface area contributed by atoms with Crippen molar-refractivity contribution in [3.63, 3.8) is 0 Å². The molecule has 0 aromatic heterocycles. The van der Waals surface area contributed by atoms with Crippen molar-refractivity contribution in [2.24, 2.45) is 46.3 Å². The molecule has 4 fully saturated rings. The third-order valence-electron chi connectivity index (χ3n) is 8.66. The van der Waals surface area contributed by atoms with Crippen LogP contribution in [-0.4, -0.2) is 11.6 Å². The van der Waals surface area contributed by atoms with Gasteiger partial charge in [0.05, 0.1) is 0 Å². The van der Waals surface area contributed by atoms with Crippen molar-refractivity contribution in [3.05, 3.63) is 11.6 Å². The minimum atomic E-state index is -0.0315. The largest absolute Gasteiger partial charge is 0.299 e. The maximum atomic E-state index is 12.9. The highest BCUT2D eigenvalue weighted by Crippen LogP contribution is 2.72. The van der Waals surface area contributed by atoms with E-state index in [0.717, 1.165) is 25.7 Å². The molecule has 0 spiro atoms. The molecule has 0 aromatic carbocycles. The molecule has 0 radical (unpaired) electrons. The molecular formula is C21H28O2. The number of allylic oxidation sites excluding steroid dienone is 1. The highest BCUT2D eigenvalue weighted by molar-refractivity contribution is 5.93. The highest BCUT2D eigenvalue weighted by atomic mass is 16.1. The molecule has 5 aliphatic rings. The summed E-state index contributed by atoms with van der Waals surface area (Å²) in [6.45, 7) is 7.11. The molecule has 8 atom stereocenters. The quantitative estimate of drug-likeness (QED) is 0.672. The Labute approximate surface area is 139 Å². The molecule has 0 saturated heterocycles. The third kappa shape index (κ3) is 1.61. The summed E-state index contributed by atoms with van der Waals surface area (Å²) < 4.78 is 0. The van der Waals surface area contributed by atoms with E-state index in [4.69, 9.17) is 0 Å². The van der Waals surface area contributed by atoms with Gasteiger partial charge in [-0.25, -0.2) is 0 Å². The maximum absolute atomic E-state index is 12.9. The van der Waals surface area contributed by atoms with Gasteiger partial charge >= 0.3 is 0 Å². The molecule has 0 aliphatic heterocycles. The van der Waals surface area contributed by atoms with E-state index in [1.54, 1.807) is 0 Å². The Kier molecular flexibility index (Phi) is 2.62. The molecule has 4 saturated carbocycles. The van der Waals surface area contributed by atoms with Crippen LogP contribution in [0.25, 0.3) is 0 Å². The lowest BCUT2D eigenvalue weighted by molar-refractivity contribution is -0.141.